The Bertz CT molecular complexity index is 1190. The second-order valence-corrected chi connectivity index (χ2v) is 11.0. The molecule has 2 aliphatic rings. The van der Waals surface area contributed by atoms with Gasteiger partial charge in [0.2, 0.25) is 11.8 Å². The molecule has 1 saturated heterocycles. The molecule has 2 aromatic rings. The number of amides is 1. The number of halogens is 5. The SMILES string of the molecule is CNC(=O)[C@@H](S[C@@H]1O[C@H](CO)[C@H](O)[C@H](n2cc(-c3cc(F)c(F)c(F)c3)nn2)[C@H]1OC)C1(O)CCC(F)(F)CC1. The molecule has 10 nitrogen and oxygen atoms in total. The average Bonchev–Trinajstić information content (AvgIpc) is 3.41. The van der Waals surface area contributed by atoms with Gasteiger partial charge >= 0.3 is 0 Å². The van der Waals surface area contributed by atoms with Gasteiger partial charge < -0.3 is 30.1 Å². The van der Waals surface area contributed by atoms with E-state index in [0.717, 1.165) is 28.6 Å². The molecular weight excluding hydrogens is 567 g/mol. The Labute approximate surface area is 229 Å². The van der Waals surface area contributed by atoms with E-state index in [1.165, 1.54) is 20.4 Å². The maximum Gasteiger partial charge on any atom is 0.248 e. The highest BCUT2D eigenvalue weighted by molar-refractivity contribution is 8.01. The number of hydrogen-bond acceptors (Lipinski definition) is 9. The van der Waals surface area contributed by atoms with Crippen molar-refractivity contribution in [2.75, 3.05) is 20.8 Å². The van der Waals surface area contributed by atoms with E-state index in [9.17, 15) is 42.1 Å². The fourth-order valence-electron chi connectivity index (χ4n) is 4.99. The molecule has 0 bridgehead atoms. The molecule has 0 spiro atoms. The van der Waals surface area contributed by atoms with Crippen LogP contribution in [0.25, 0.3) is 11.3 Å². The minimum Gasteiger partial charge on any atom is -0.394 e. The number of aliphatic hydroxyl groups is 3. The molecule has 0 radical (unpaired) electrons. The Hall–Kier alpha value is -2.37. The molecule has 2 heterocycles. The van der Waals surface area contributed by atoms with E-state index in [2.05, 4.69) is 15.6 Å². The van der Waals surface area contributed by atoms with Gasteiger partial charge in [0, 0.05) is 32.6 Å². The first-order valence-corrected chi connectivity index (χ1v) is 13.3. The summed E-state index contributed by atoms with van der Waals surface area (Å²) in [6.45, 7) is -0.678. The van der Waals surface area contributed by atoms with Gasteiger partial charge in [-0.3, -0.25) is 4.79 Å². The summed E-state index contributed by atoms with van der Waals surface area (Å²) in [5.41, 5.74) is -3.17. The van der Waals surface area contributed by atoms with Crippen molar-refractivity contribution in [3.8, 4) is 11.3 Å². The minimum absolute atomic E-state index is 0.0724. The van der Waals surface area contributed by atoms with Crippen LogP contribution in [0.4, 0.5) is 22.0 Å². The van der Waals surface area contributed by atoms with E-state index in [4.69, 9.17) is 9.47 Å². The van der Waals surface area contributed by atoms with Crippen molar-refractivity contribution < 1.29 is 51.5 Å². The quantitative estimate of drug-likeness (QED) is 0.265. The lowest BCUT2D eigenvalue weighted by Crippen LogP contribution is -2.58. The number of benzene rings is 1. The van der Waals surface area contributed by atoms with Crippen molar-refractivity contribution in [2.24, 2.45) is 0 Å². The molecule has 6 atom stereocenters. The summed E-state index contributed by atoms with van der Waals surface area (Å²) in [4.78, 5) is 12.9. The molecule has 1 aromatic carbocycles. The maximum absolute atomic E-state index is 13.8. The highest BCUT2D eigenvalue weighted by Gasteiger charge is 2.53. The first kappa shape index (κ1) is 30.6. The molecule has 4 rings (SSSR count). The van der Waals surface area contributed by atoms with Gasteiger partial charge in [0.1, 0.15) is 40.7 Å². The van der Waals surface area contributed by atoms with Gasteiger partial charge in [-0.25, -0.2) is 26.6 Å². The van der Waals surface area contributed by atoms with Crippen LogP contribution in [0, 0.1) is 17.5 Å². The van der Waals surface area contributed by atoms with Gasteiger partial charge in [-0.05, 0) is 25.0 Å². The number of nitrogens with zero attached hydrogens (tertiary/aromatic N) is 3. The van der Waals surface area contributed by atoms with Crippen LogP contribution in [-0.2, 0) is 14.3 Å². The van der Waals surface area contributed by atoms with Gasteiger partial charge in [0.15, 0.2) is 17.5 Å². The summed E-state index contributed by atoms with van der Waals surface area (Å²) in [6, 6.07) is 0.303. The molecule has 1 amide bonds. The van der Waals surface area contributed by atoms with Crippen molar-refractivity contribution in [2.45, 2.75) is 72.2 Å². The Morgan fingerprint density at radius 2 is 1.88 bits per heavy atom. The number of rotatable bonds is 8. The van der Waals surface area contributed by atoms with Gasteiger partial charge in [-0.1, -0.05) is 5.21 Å². The number of thioether (sulfide) groups is 1. The molecule has 1 aromatic heterocycles. The minimum atomic E-state index is -2.97. The van der Waals surface area contributed by atoms with Crippen LogP contribution in [0.2, 0.25) is 0 Å². The highest BCUT2D eigenvalue weighted by Crippen LogP contribution is 2.46. The van der Waals surface area contributed by atoms with E-state index in [1.807, 2.05) is 0 Å². The molecule has 1 aliphatic carbocycles. The van der Waals surface area contributed by atoms with Crippen LogP contribution in [0.15, 0.2) is 18.3 Å². The zero-order valence-electron chi connectivity index (χ0n) is 21.4. The lowest BCUT2D eigenvalue weighted by molar-refractivity contribution is -0.186. The highest BCUT2D eigenvalue weighted by atomic mass is 32.2. The zero-order chi connectivity index (χ0) is 29.4. The molecule has 0 unspecified atom stereocenters. The maximum atomic E-state index is 13.8. The lowest BCUT2D eigenvalue weighted by atomic mass is 9.80. The van der Waals surface area contributed by atoms with Crippen molar-refractivity contribution in [3.63, 3.8) is 0 Å². The second-order valence-electron chi connectivity index (χ2n) is 9.83. The van der Waals surface area contributed by atoms with Crippen molar-refractivity contribution in [1.29, 1.82) is 0 Å². The molecular formula is C24H29F5N4O6S. The summed E-state index contributed by atoms with van der Waals surface area (Å²) < 4.78 is 81.2. The molecule has 1 aliphatic heterocycles. The molecule has 4 N–H and O–H groups in total. The normalized spacial score (nSPS) is 28.7. The number of alkyl halides is 2. The average molecular weight is 597 g/mol. The third-order valence-corrected chi connectivity index (χ3v) is 8.85. The number of ether oxygens (including phenoxy) is 2. The number of aliphatic hydroxyl groups excluding tert-OH is 2. The van der Waals surface area contributed by atoms with Crippen LogP contribution >= 0.6 is 11.8 Å². The van der Waals surface area contributed by atoms with E-state index in [-0.39, 0.29) is 24.1 Å². The van der Waals surface area contributed by atoms with Crippen molar-refractivity contribution in [3.05, 3.63) is 35.8 Å². The predicted octanol–water partition coefficient (Wildman–Crippen LogP) is 1.78. The summed E-state index contributed by atoms with van der Waals surface area (Å²) in [6.07, 6.45) is -4.55. The van der Waals surface area contributed by atoms with Crippen LogP contribution in [0.1, 0.15) is 31.7 Å². The van der Waals surface area contributed by atoms with Crippen molar-refractivity contribution in [1.82, 2.24) is 20.3 Å². The summed E-state index contributed by atoms with van der Waals surface area (Å²) in [5.74, 6) is -8.17. The number of carbonyl (C=O) groups is 1. The van der Waals surface area contributed by atoms with E-state index < -0.39 is 89.4 Å². The van der Waals surface area contributed by atoms with Crippen LogP contribution in [-0.4, -0.2) is 97.5 Å². The fourth-order valence-corrected chi connectivity index (χ4v) is 6.62. The lowest BCUT2D eigenvalue weighted by Gasteiger charge is -2.46. The fraction of sp³-hybridized carbons (Fsp3) is 0.625. The summed E-state index contributed by atoms with van der Waals surface area (Å²) >= 11 is 0.786. The number of nitrogens with one attached hydrogen (secondary N) is 1. The summed E-state index contributed by atoms with van der Waals surface area (Å²) in [7, 11) is 2.60. The molecule has 40 heavy (non-hydrogen) atoms. The van der Waals surface area contributed by atoms with Gasteiger partial charge in [-0.2, -0.15) is 0 Å². The van der Waals surface area contributed by atoms with Gasteiger partial charge in [-0.15, -0.1) is 16.9 Å². The molecule has 2 fully saturated rings. The van der Waals surface area contributed by atoms with E-state index in [0.29, 0.717) is 0 Å². The first-order chi connectivity index (χ1) is 18.8. The first-order valence-electron chi connectivity index (χ1n) is 12.4. The van der Waals surface area contributed by atoms with Crippen LogP contribution in [0.5, 0.6) is 0 Å². The number of aromatic nitrogens is 3. The Morgan fingerprint density at radius 1 is 1.25 bits per heavy atom. The van der Waals surface area contributed by atoms with Crippen LogP contribution in [0.3, 0.4) is 0 Å². The van der Waals surface area contributed by atoms with E-state index in [1.54, 1.807) is 0 Å². The second kappa shape index (κ2) is 11.9. The topological polar surface area (TPSA) is 139 Å². The standard InChI is InChI=1S/C24H29F5N4O6S/c1-30-21(36)20(23(37)3-5-24(28,29)6-4-23)40-22-19(38-2)17(18(35)15(10-34)39-22)33-9-14(31-32-33)11-7-12(25)16(27)13(26)8-11/h7-9,15,17-20,22,34-35,37H,3-6,10H2,1-2H3,(H,30,36)/t15-,17+,18+,19-,20-,22+/m1/s1. The number of carbonyl (C=O) groups excluding carboxylic acids is 1. The zero-order valence-corrected chi connectivity index (χ0v) is 22.3. The molecule has 222 valence electrons. The smallest absolute Gasteiger partial charge is 0.248 e. The monoisotopic (exact) mass is 596 g/mol. The Morgan fingerprint density at radius 3 is 2.42 bits per heavy atom. The third kappa shape index (κ3) is 5.97. The third-order valence-electron chi connectivity index (χ3n) is 7.28. The van der Waals surface area contributed by atoms with Gasteiger partial charge in [0.25, 0.3) is 0 Å². The number of methoxy groups -OCH3 is 1. The van der Waals surface area contributed by atoms with Crippen molar-refractivity contribution >= 4 is 17.7 Å². The number of hydrogen-bond donors (Lipinski definition) is 4. The van der Waals surface area contributed by atoms with Crippen LogP contribution < -0.4 is 5.32 Å². The predicted molar refractivity (Wildman–Crippen MR) is 131 cm³/mol. The van der Waals surface area contributed by atoms with Gasteiger partial charge in [0.05, 0.1) is 18.4 Å². The largest absolute Gasteiger partial charge is 0.394 e. The summed E-state index contributed by atoms with van der Waals surface area (Å²) in [5, 5.41) is 41.1. The molecule has 1 saturated carbocycles. The Balaban J connectivity index is 1.66. The van der Waals surface area contributed by atoms with E-state index >= 15 is 0 Å². The molecule has 16 heteroatoms. The Kier molecular flexibility index (Phi) is 9.06.